The van der Waals surface area contributed by atoms with E-state index in [-0.39, 0.29) is 17.0 Å². The van der Waals surface area contributed by atoms with Gasteiger partial charge in [-0.3, -0.25) is 4.79 Å². The Balaban J connectivity index is 1.92. The molecule has 0 spiro atoms. The van der Waals surface area contributed by atoms with Crippen LogP contribution in [0.25, 0.3) is 0 Å². The van der Waals surface area contributed by atoms with Crippen LogP contribution in [-0.4, -0.2) is 31.9 Å². The molecule has 0 radical (unpaired) electrons. The normalized spacial score (nSPS) is 11.1. The van der Waals surface area contributed by atoms with Gasteiger partial charge in [0.2, 0.25) is 15.9 Å². The van der Waals surface area contributed by atoms with Crippen LogP contribution in [0.15, 0.2) is 53.4 Å². The van der Waals surface area contributed by atoms with E-state index < -0.39 is 28.4 Å². The van der Waals surface area contributed by atoms with Crippen molar-refractivity contribution in [3.05, 3.63) is 64.7 Å². The number of hydrogen-bond acceptors (Lipinski definition) is 4. The summed E-state index contributed by atoms with van der Waals surface area (Å²) in [6.07, 6.45) is 0. The highest BCUT2D eigenvalue weighted by Crippen LogP contribution is 2.11. The lowest BCUT2D eigenvalue weighted by molar-refractivity contribution is -0.120. The van der Waals surface area contributed by atoms with Gasteiger partial charge in [0.25, 0.3) is 0 Å². The van der Waals surface area contributed by atoms with Crippen LogP contribution in [0, 0.1) is 0 Å². The highest BCUT2D eigenvalue weighted by Gasteiger charge is 2.17. The van der Waals surface area contributed by atoms with Crippen molar-refractivity contribution in [2.45, 2.75) is 11.4 Å². The number of benzene rings is 2. The molecule has 2 aromatic carbocycles. The third-order valence-corrected chi connectivity index (χ3v) is 4.87. The van der Waals surface area contributed by atoms with Gasteiger partial charge >= 0.3 is 5.97 Å². The number of rotatable bonds is 7. The standard InChI is InChI=1S/C16H15ClN2O5S/c17-13-6-4-11(5-7-13)9-18-15(20)10-19-25(23,24)14-3-1-2-12(8-14)16(21)22/h1-8,19H,9-10H2,(H,18,20)(H,21,22). The van der Waals surface area contributed by atoms with Crippen molar-refractivity contribution in [1.29, 1.82) is 0 Å². The van der Waals surface area contributed by atoms with Crippen molar-refractivity contribution < 1.29 is 23.1 Å². The molecule has 0 aliphatic rings. The Hall–Kier alpha value is -2.42. The molecule has 2 rings (SSSR count). The van der Waals surface area contributed by atoms with Gasteiger partial charge < -0.3 is 10.4 Å². The topological polar surface area (TPSA) is 113 Å². The first-order valence-corrected chi connectivity index (χ1v) is 8.98. The molecule has 0 fully saturated rings. The van der Waals surface area contributed by atoms with Crippen molar-refractivity contribution >= 4 is 33.5 Å². The number of halogens is 1. The molecule has 0 aliphatic carbocycles. The van der Waals surface area contributed by atoms with Gasteiger partial charge in [0.1, 0.15) is 0 Å². The summed E-state index contributed by atoms with van der Waals surface area (Å²) in [6.45, 7) is -0.237. The van der Waals surface area contributed by atoms with Gasteiger partial charge in [0, 0.05) is 11.6 Å². The number of carbonyl (C=O) groups is 2. The summed E-state index contributed by atoms with van der Waals surface area (Å²) in [5.41, 5.74) is 0.657. The second kappa shape index (κ2) is 8.11. The molecule has 1 amide bonds. The Bertz CT molecular complexity index is 882. The summed E-state index contributed by atoms with van der Waals surface area (Å²) in [4.78, 5) is 22.5. The zero-order valence-electron chi connectivity index (χ0n) is 12.9. The SMILES string of the molecule is O=C(CNS(=O)(=O)c1cccc(C(=O)O)c1)NCc1ccc(Cl)cc1. The van der Waals surface area contributed by atoms with E-state index in [2.05, 4.69) is 10.0 Å². The van der Waals surface area contributed by atoms with E-state index >= 15 is 0 Å². The molecule has 7 nitrogen and oxygen atoms in total. The first-order chi connectivity index (χ1) is 11.8. The largest absolute Gasteiger partial charge is 0.478 e. The quantitative estimate of drug-likeness (QED) is 0.673. The number of sulfonamides is 1. The predicted molar refractivity (Wildman–Crippen MR) is 91.9 cm³/mol. The van der Waals surface area contributed by atoms with E-state index in [9.17, 15) is 18.0 Å². The van der Waals surface area contributed by atoms with Crippen LogP contribution in [0.5, 0.6) is 0 Å². The van der Waals surface area contributed by atoms with Crippen molar-refractivity contribution in [3.8, 4) is 0 Å². The molecule has 0 aliphatic heterocycles. The summed E-state index contributed by atoms with van der Waals surface area (Å²) in [7, 11) is -3.99. The zero-order chi connectivity index (χ0) is 18.4. The maximum atomic E-state index is 12.1. The fourth-order valence-electron chi connectivity index (χ4n) is 1.91. The van der Waals surface area contributed by atoms with Gasteiger partial charge in [0.15, 0.2) is 0 Å². The molecule has 0 aromatic heterocycles. The number of hydrogen-bond donors (Lipinski definition) is 3. The van der Waals surface area contributed by atoms with E-state index in [1.807, 2.05) is 0 Å². The Morgan fingerprint density at radius 1 is 1.08 bits per heavy atom. The minimum absolute atomic E-state index is 0.157. The molecule has 0 saturated heterocycles. The van der Waals surface area contributed by atoms with Crippen molar-refractivity contribution in [1.82, 2.24) is 10.0 Å². The van der Waals surface area contributed by atoms with E-state index in [1.54, 1.807) is 24.3 Å². The number of aromatic carboxylic acids is 1. The maximum Gasteiger partial charge on any atom is 0.335 e. The first kappa shape index (κ1) is 18.9. The van der Waals surface area contributed by atoms with Crippen LogP contribution in [0.1, 0.15) is 15.9 Å². The Kier molecular flexibility index (Phi) is 6.13. The van der Waals surface area contributed by atoms with E-state index in [0.717, 1.165) is 11.6 Å². The van der Waals surface area contributed by atoms with Crippen LogP contribution in [0.2, 0.25) is 5.02 Å². The molecule has 9 heteroatoms. The highest BCUT2D eigenvalue weighted by molar-refractivity contribution is 7.89. The van der Waals surface area contributed by atoms with Gasteiger partial charge in [-0.2, -0.15) is 0 Å². The van der Waals surface area contributed by atoms with Gasteiger partial charge in [-0.05, 0) is 35.9 Å². The lowest BCUT2D eigenvalue weighted by Crippen LogP contribution is -2.36. The van der Waals surface area contributed by atoms with Gasteiger partial charge in [0.05, 0.1) is 17.0 Å². The predicted octanol–water partition coefficient (Wildman–Crippen LogP) is 1.63. The lowest BCUT2D eigenvalue weighted by atomic mass is 10.2. The van der Waals surface area contributed by atoms with E-state index in [1.165, 1.54) is 18.2 Å². The molecule has 0 bridgehead atoms. The number of carbonyl (C=O) groups excluding carboxylic acids is 1. The molecular formula is C16H15ClN2O5S. The average molecular weight is 383 g/mol. The molecule has 0 unspecified atom stereocenters. The lowest BCUT2D eigenvalue weighted by Gasteiger charge is -2.08. The molecule has 3 N–H and O–H groups in total. The van der Waals surface area contributed by atoms with Gasteiger partial charge in [-0.1, -0.05) is 29.8 Å². The Morgan fingerprint density at radius 2 is 1.76 bits per heavy atom. The molecule has 0 atom stereocenters. The van der Waals surface area contributed by atoms with Crippen LogP contribution in [0.4, 0.5) is 0 Å². The molecule has 0 heterocycles. The monoisotopic (exact) mass is 382 g/mol. The van der Waals surface area contributed by atoms with Crippen LogP contribution >= 0.6 is 11.6 Å². The zero-order valence-corrected chi connectivity index (χ0v) is 14.5. The molecule has 25 heavy (non-hydrogen) atoms. The summed E-state index contributed by atoms with van der Waals surface area (Å²) >= 11 is 5.76. The average Bonchev–Trinajstić information content (AvgIpc) is 2.59. The fraction of sp³-hybridized carbons (Fsp3) is 0.125. The summed E-state index contributed by atoms with van der Waals surface area (Å²) in [5.74, 6) is -1.76. The smallest absolute Gasteiger partial charge is 0.335 e. The van der Waals surface area contributed by atoms with Gasteiger partial charge in [-0.25, -0.2) is 17.9 Å². The summed E-state index contributed by atoms with van der Waals surface area (Å²) < 4.78 is 26.4. The van der Waals surface area contributed by atoms with Crippen LogP contribution < -0.4 is 10.0 Å². The second-order valence-corrected chi connectivity index (χ2v) is 7.26. The summed E-state index contributed by atoms with van der Waals surface area (Å²) in [6, 6.07) is 11.7. The number of carboxylic acids is 1. The minimum atomic E-state index is -3.99. The maximum absolute atomic E-state index is 12.1. The Labute approximate surface area is 149 Å². The van der Waals surface area contributed by atoms with E-state index in [0.29, 0.717) is 5.02 Å². The third kappa shape index (κ3) is 5.56. The molecule has 0 saturated carbocycles. The third-order valence-electron chi connectivity index (χ3n) is 3.22. The van der Waals surface area contributed by atoms with E-state index in [4.69, 9.17) is 16.7 Å². The highest BCUT2D eigenvalue weighted by atomic mass is 35.5. The molecule has 2 aromatic rings. The first-order valence-electron chi connectivity index (χ1n) is 7.12. The van der Waals surface area contributed by atoms with Crippen LogP contribution in [-0.2, 0) is 21.4 Å². The Morgan fingerprint density at radius 3 is 2.40 bits per heavy atom. The number of carboxylic acid groups (broad SMARTS) is 1. The fourth-order valence-corrected chi connectivity index (χ4v) is 3.06. The second-order valence-electron chi connectivity index (χ2n) is 5.06. The molecule has 132 valence electrons. The van der Waals surface area contributed by atoms with Crippen LogP contribution in [0.3, 0.4) is 0 Å². The van der Waals surface area contributed by atoms with Crippen molar-refractivity contribution in [2.75, 3.05) is 6.54 Å². The molecular weight excluding hydrogens is 368 g/mol. The van der Waals surface area contributed by atoms with Gasteiger partial charge in [-0.15, -0.1) is 0 Å². The number of nitrogens with one attached hydrogen (secondary N) is 2. The number of amides is 1. The van der Waals surface area contributed by atoms with Crippen molar-refractivity contribution in [3.63, 3.8) is 0 Å². The minimum Gasteiger partial charge on any atom is -0.478 e. The van der Waals surface area contributed by atoms with Crippen molar-refractivity contribution in [2.24, 2.45) is 0 Å². The summed E-state index contributed by atoms with van der Waals surface area (Å²) in [5, 5.41) is 12.0.